The Morgan fingerprint density at radius 2 is 0.900 bits per heavy atom. The van der Waals surface area contributed by atoms with Crippen molar-refractivity contribution < 1.29 is 0 Å². The summed E-state index contributed by atoms with van der Waals surface area (Å²) in [7, 11) is 3.70. The van der Waals surface area contributed by atoms with E-state index in [0.29, 0.717) is 0 Å². The van der Waals surface area contributed by atoms with E-state index in [-0.39, 0.29) is 0 Å². The second-order valence-corrected chi connectivity index (χ2v) is 8.15. The SMILES string of the molecule is CC.CC.CC.CC.CCC(=NC)C1=Nc2cc(CC)ccc2C1.CCC(=NC)C1=Nc2cc(CC)ccc2C1. The lowest BCUT2D eigenvalue weighted by molar-refractivity contribution is 1.13. The Hall–Kier alpha value is -2.88. The Balaban J connectivity index is 0. The number of nitrogens with zero attached hydrogens (tertiary/aromatic N) is 4. The van der Waals surface area contributed by atoms with Crippen molar-refractivity contribution in [1.29, 1.82) is 0 Å². The van der Waals surface area contributed by atoms with E-state index in [1.54, 1.807) is 0 Å². The molecule has 0 fully saturated rings. The molecular formula is C36H60N4. The van der Waals surface area contributed by atoms with Crippen LogP contribution in [0.4, 0.5) is 11.4 Å². The Bertz CT molecular complexity index is 1000. The van der Waals surface area contributed by atoms with Gasteiger partial charge in [-0.05, 0) is 60.1 Å². The number of aryl methyl sites for hydroxylation is 2. The third kappa shape index (κ3) is 11.7. The normalized spacial score (nSPS) is 12.6. The lowest BCUT2D eigenvalue weighted by atomic mass is 10.0. The van der Waals surface area contributed by atoms with Gasteiger partial charge < -0.3 is 0 Å². The van der Waals surface area contributed by atoms with Crippen molar-refractivity contribution in [3.05, 3.63) is 58.7 Å². The molecule has 0 saturated heterocycles. The fourth-order valence-electron chi connectivity index (χ4n) is 4.21. The minimum absolute atomic E-state index is 0.944. The first-order chi connectivity index (χ1) is 19.6. The highest BCUT2D eigenvalue weighted by atomic mass is 14.8. The highest BCUT2D eigenvalue weighted by Crippen LogP contribution is 2.29. The molecule has 0 N–H and O–H groups in total. The van der Waals surface area contributed by atoms with E-state index in [9.17, 15) is 0 Å². The van der Waals surface area contributed by atoms with Gasteiger partial charge in [0.1, 0.15) is 0 Å². The van der Waals surface area contributed by atoms with Crippen molar-refractivity contribution in [1.82, 2.24) is 0 Å². The second kappa shape index (κ2) is 24.0. The molecule has 0 amide bonds. The quantitative estimate of drug-likeness (QED) is 0.322. The predicted octanol–water partition coefficient (Wildman–Crippen LogP) is 10.8. The summed E-state index contributed by atoms with van der Waals surface area (Å²) in [5.41, 5.74) is 12.2. The number of hydrogen-bond donors (Lipinski definition) is 0. The average molecular weight is 549 g/mol. The van der Waals surface area contributed by atoms with Gasteiger partial charge in [0.2, 0.25) is 0 Å². The molecule has 0 spiro atoms. The number of aliphatic imine (C=N–C) groups is 4. The van der Waals surface area contributed by atoms with Crippen molar-refractivity contribution >= 4 is 34.2 Å². The van der Waals surface area contributed by atoms with Crippen LogP contribution in [0, 0.1) is 0 Å². The summed E-state index contributed by atoms with van der Waals surface area (Å²) in [5.74, 6) is 0. The Morgan fingerprint density at radius 3 is 1.15 bits per heavy atom. The molecule has 0 aromatic heterocycles. The lowest BCUT2D eigenvalue weighted by Gasteiger charge is -2.00. The van der Waals surface area contributed by atoms with Crippen molar-refractivity contribution in [3.63, 3.8) is 0 Å². The van der Waals surface area contributed by atoms with Crippen LogP contribution in [0.25, 0.3) is 0 Å². The first-order valence-electron chi connectivity index (χ1n) is 15.9. The van der Waals surface area contributed by atoms with Crippen LogP contribution in [0.1, 0.15) is 118 Å². The highest BCUT2D eigenvalue weighted by molar-refractivity contribution is 6.44. The van der Waals surface area contributed by atoms with Crippen molar-refractivity contribution in [2.45, 2.75) is 122 Å². The molecule has 0 saturated carbocycles. The fraction of sp³-hybridized carbons (Fsp3) is 0.556. The molecule has 0 bridgehead atoms. The van der Waals surface area contributed by atoms with Gasteiger partial charge in [0, 0.05) is 26.9 Å². The molecule has 0 unspecified atom stereocenters. The number of hydrogen-bond acceptors (Lipinski definition) is 4. The summed E-state index contributed by atoms with van der Waals surface area (Å²) in [6.45, 7) is 24.6. The zero-order chi connectivity index (χ0) is 31.1. The van der Waals surface area contributed by atoms with Crippen LogP contribution in [0.3, 0.4) is 0 Å². The maximum atomic E-state index is 4.69. The van der Waals surface area contributed by atoms with E-state index in [1.165, 1.54) is 22.3 Å². The van der Waals surface area contributed by atoms with E-state index in [0.717, 1.165) is 72.7 Å². The van der Waals surface area contributed by atoms with Crippen LogP contribution < -0.4 is 0 Å². The first kappa shape index (κ1) is 39.3. The zero-order valence-corrected chi connectivity index (χ0v) is 28.5. The van der Waals surface area contributed by atoms with Gasteiger partial charge in [-0.15, -0.1) is 0 Å². The smallest absolute Gasteiger partial charge is 0.0672 e. The Morgan fingerprint density at radius 1 is 0.575 bits per heavy atom. The van der Waals surface area contributed by atoms with E-state index in [4.69, 9.17) is 0 Å². The summed E-state index contributed by atoms with van der Waals surface area (Å²) in [6, 6.07) is 13.2. The summed E-state index contributed by atoms with van der Waals surface area (Å²) < 4.78 is 0. The molecule has 2 aromatic rings. The number of benzene rings is 2. The van der Waals surface area contributed by atoms with Gasteiger partial charge in [-0.2, -0.15) is 0 Å². The fourth-order valence-corrected chi connectivity index (χ4v) is 4.21. The molecule has 2 aliphatic rings. The van der Waals surface area contributed by atoms with Crippen LogP contribution in [-0.4, -0.2) is 36.9 Å². The maximum Gasteiger partial charge on any atom is 0.0672 e. The summed E-state index contributed by atoms with van der Waals surface area (Å²) in [5, 5.41) is 0. The first-order valence-corrected chi connectivity index (χ1v) is 15.9. The molecule has 0 aliphatic carbocycles. The molecule has 2 aliphatic heterocycles. The van der Waals surface area contributed by atoms with Crippen molar-refractivity contribution in [2.24, 2.45) is 20.0 Å². The lowest BCUT2D eigenvalue weighted by Crippen LogP contribution is -2.12. The Kier molecular flexibility index (Phi) is 23.5. The van der Waals surface area contributed by atoms with Crippen LogP contribution >= 0.6 is 0 Å². The molecule has 4 rings (SSSR count). The molecule has 0 radical (unpaired) electrons. The minimum atomic E-state index is 0.944. The number of fused-ring (bicyclic) bond motifs is 2. The molecule has 224 valence electrons. The molecule has 4 heteroatoms. The van der Waals surface area contributed by atoms with Gasteiger partial charge in [0.05, 0.1) is 34.2 Å². The largest absolute Gasteiger partial charge is 0.291 e. The van der Waals surface area contributed by atoms with E-state index in [2.05, 4.69) is 84.1 Å². The topological polar surface area (TPSA) is 49.4 Å². The average Bonchev–Trinajstić information content (AvgIpc) is 3.66. The monoisotopic (exact) mass is 548 g/mol. The van der Waals surface area contributed by atoms with Crippen LogP contribution in [0.2, 0.25) is 0 Å². The summed E-state index contributed by atoms with van der Waals surface area (Å²) in [4.78, 5) is 18.0. The van der Waals surface area contributed by atoms with Gasteiger partial charge in [-0.1, -0.05) is 107 Å². The van der Waals surface area contributed by atoms with Crippen LogP contribution in [-0.2, 0) is 25.7 Å². The third-order valence-corrected chi connectivity index (χ3v) is 6.22. The molecule has 2 aromatic carbocycles. The van der Waals surface area contributed by atoms with Gasteiger partial charge >= 0.3 is 0 Å². The van der Waals surface area contributed by atoms with Gasteiger partial charge in [-0.3, -0.25) is 20.0 Å². The zero-order valence-electron chi connectivity index (χ0n) is 28.5. The molecule has 40 heavy (non-hydrogen) atoms. The third-order valence-electron chi connectivity index (χ3n) is 6.22. The highest BCUT2D eigenvalue weighted by Gasteiger charge is 2.18. The van der Waals surface area contributed by atoms with E-state index >= 15 is 0 Å². The molecule has 2 heterocycles. The molecule has 0 atom stereocenters. The van der Waals surface area contributed by atoms with Gasteiger partial charge in [0.25, 0.3) is 0 Å². The standard InChI is InChI=1S/2C14H18N2.4C2H6/c2*1-4-10-6-7-11-9-14(12(5-2)15-3)16-13(11)8-10;4*1-2/h2*6-8H,4-5,9H2,1-3H3;4*1-2H3. The summed E-state index contributed by atoms with van der Waals surface area (Å²) >= 11 is 0. The van der Waals surface area contributed by atoms with Gasteiger partial charge in [-0.25, -0.2) is 0 Å². The predicted molar refractivity (Wildman–Crippen MR) is 186 cm³/mol. The van der Waals surface area contributed by atoms with Crippen LogP contribution in [0.15, 0.2) is 56.4 Å². The molecule has 4 nitrogen and oxygen atoms in total. The summed E-state index contributed by atoms with van der Waals surface area (Å²) in [6.07, 6.45) is 5.95. The van der Waals surface area contributed by atoms with E-state index < -0.39 is 0 Å². The number of rotatable bonds is 6. The maximum absolute atomic E-state index is 4.69. The minimum Gasteiger partial charge on any atom is -0.291 e. The van der Waals surface area contributed by atoms with E-state index in [1.807, 2.05) is 69.5 Å². The Labute approximate surface area is 248 Å². The van der Waals surface area contributed by atoms with Gasteiger partial charge in [0.15, 0.2) is 0 Å². The second-order valence-electron chi connectivity index (χ2n) is 8.15. The van der Waals surface area contributed by atoms with Crippen molar-refractivity contribution in [2.75, 3.05) is 14.1 Å². The van der Waals surface area contributed by atoms with Crippen LogP contribution in [0.5, 0.6) is 0 Å². The molecular weight excluding hydrogens is 488 g/mol. The van der Waals surface area contributed by atoms with Crippen molar-refractivity contribution in [3.8, 4) is 0 Å².